The molecule has 1 saturated heterocycles. The van der Waals surface area contributed by atoms with Crippen LogP contribution in [0.5, 0.6) is 0 Å². The second-order valence-corrected chi connectivity index (χ2v) is 4.11. The van der Waals surface area contributed by atoms with Gasteiger partial charge in [-0.25, -0.2) is 0 Å². The lowest BCUT2D eigenvalue weighted by Gasteiger charge is -2.03. The molecule has 0 bridgehead atoms. The molecule has 76 valence electrons. The fraction of sp³-hybridized carbons (Fsp3) is 0.308. The second kappa shape index (κ2) is 3.31. The van der Waals surface area contributed by atoms with Gasteiger partial charge in [0.1, 0.15) is 0 Å². The molecule has 3 rings (SSSR count). The minimum Gasteiger partial charge on any atom is -0.376 e. The number of carbonyl (C=O) groups excluding carboxylic acids is 1. The van der Waals surface area contributed by atoms with E-state index in [-0.39, 0.29) is 5.78 Å². The highest BCUT2D eigenvalue weighted by Gasteiger charge is 2.36. The zero-order chi connectivity index (χ0) is 10.3. The van der Waals surface area contributed by atoms with E-state index in [0.29, 0.717) is 18.9 Å². The van der Waals surface area contributed by atoms with Crippen LogP contribution in [0.4, 0.5) is 0 Å². The van der Waals surface area contributed by atoms with Crippen molar-refractivity contribution >= 4 is 11.4 Å². The lowest BCUT2D eigenvalue weighted by molar-refractivity contribution is -0.113. The molecular weight excluding hydrogens is 188 g/mol. The molecule has 1 aromatic carbocycles. The molecule has 0 N–H and O–H groups in total. The van der Waals surface area contributed by atoms with E-state index in [2.05, 4.69) is 0 Å². The van der Waals surface area contributed by atoms with Crippen molar-refractivity contribution in [1.82, 2.24) is 0 Å². The molecule has 0 spiro atoms. The maximum Gasteiger partial charge on any atom is 0.164 e. The van der Waals surface area contributed by atoms with Gasteiger partial charge in [-0.15, -0.1) is 0 Å². The third-order valence-corrected chi connectivity index (χ3v) is 3.16. The number of fused-ring (bicyclic) bond motifs is 1. The number of allylic oxidation sites excluding steroid dienone is 1. The molecule has 2 heteroatoms. The standard InChI is InChI=1S/C13H12O2/c14-12-6-10-7-15-8-11(10)13(12)9-4-2-1-3-5-9/h1-5,10H,6-8H2/t10-/m1/s1. The molecule has 0 saturated carbocycles. The molecule has 15 heavy (non-hydrogen) atoms. The van der Waals surface area contributed by atoms with E-state index in [1.807, 2.05) is 30.3 Å². The van der Waals surface area contributed by atoms with Crippen molar-refractivity contribution in [3.63, 3.8) is 0 Å². The molecular formula is C13H12O2. The number of Topliss-reactive ketones (excluding diaryl/α,β-unsaturated/α-hetero) is 1. The van der Waals surface area contributed by atoms with Gasteiger partial charge < -0.3 is 4.74 Å². The largest absolute Gasteiger partial charge is 0.376 e. The van der Waals surface area contributed by atoms with Crippen molar-refractivity contribution in [2.24, 2.45) is 5.92 Å². The van der Waals surface area contributed by atoms with E-state index in [1.54, 1.807) is 0 Å². The van der Waals surface area contributed by atoms with E-state index in [0.717, 1.165) is 17.7 Å². The Balaban J connectivity index is 2.11. The van der Waals surface area contributed by atoms with Crippen molar-refractivity contribution in [3.8, 4) is 0 Å². The molecule has 2 nitrogen and oxygen atoms in total. The van der Waals surface area contributed by atoms with Crippen LogP contribution in [0.1, 0.15) is 12.0 Å². The summed E-state index contributed by atoms with van der Waals surface area (Å²) in [6.07, 6.45) is 0.638. The number of hydrogen-bond acceptors (Lipinski definition) is 2. The molecule has 0 amide bonds. The second-order valence-electron chi connectivity index (χ2n) is 4.11. The highest BCUT2D eigenvalue weighted by Crippen LogP contribution is 2.38. The first kappa shape index (κ1) is 8.86. The van der Waals surface area contributed by atoms with Gasteiger partial charge in [0.2, 0.25) is 0 Å². The number of rotatable bonds is 1. The predicted molar refractivity (Wildman–Crippen MR) is 57.3 cm³/mol. The lowest BCUT2D eigenvalue weighted by Crippen LogP contribution is -2.01. The van der Waals surface area contributed by atoms with Crippen LogP contribution >= 0.6 is 0 Å². The van der Waals surface area contributed by atoms with Gasteiger partial charge in [-0.1, -0.05) is 30.3 Å². The summed E-state index contributed by atoms with van der Waals surface area (Å²) in [4.78, 5) is 11.9. The van der Waals surface area contributed by atoms with Crippen molar-refractivity contribution < 1.29 is 9.53 Å². The van der Waals surface area contributed by atoms with Gasteiger partial charge in [-0.2, -0.15) is 0 Å². The Morgan fingerprint density at radius 1 is 1.20 bits per heavy atom. The number of carbonyl (C=O) groups is 1. The summed E-state index contributed by atoms with van der Waals surface area (Å²) in [5.41, 5.74) is 3.18. The quantitative estimate of drug-likeness (QED) is 0.693. The van der Waals surface area contributed by atoms with Crippen molar-refractivity contribution in [3.05, 3.63) is 41.5 Å². The average molecular weight is 200 g/mol. The first-order valence-electron chi connectivity index (χ1n) is 5.25. The van der Waals surface area contributed by atoms with Crippen LogP contribution in [0.3, 0.4) is 0 Å². The van der Waals surface area contributed by atoms with E-state index in [9.17, 15) is 4.79 Å². The molecule has 1 aromatic rings. The van der Waals surface area contributed by atoms with Crippen LogP contribution < -0.4 is 0 Å². The van der Waals surface area contributed by atoms with Crippen LogP contribution in [0.15, 0.2) is 35.9 Å². The van der Waals surface area contributed by atoms with Gasteiger partial charge >= 0.3 is 0 Å². The fourth-order valence-corrected chi connectivity index (χ4v) is 2.44. The van der Waals surface area contributed by atoms with Crippen molar-refractivity contribution in [2.45, 2.75) is 6.42 Å². The smallest absolute Gasteiger partial charge is 0.164 e. The van der Waals surface area contributed by atoms with Crippen LogP contribution in [0.25, 0.3) is 5.57 Å². The first-order valence-corrected chi connectivity index (χ1v) is 5.25. The number of benzene rings is 1. The highest BCUT2D eigenvalue weighted by molar-refractivity contribution is 6.24. The molecule has 0 unspecified atom stereocenters. The molecule has 1 aliphatic carbocycles. The third kappa shape index (κ3) is 1.33. The van der Waals surface area contributed by atoms with Crippen LogP contribution in [-0.4, -0.2) is 19.0 Å². The van der Waals surface area contributed by atoms with Gasteiger partial charge in [0, 0.05) is 17.9 Å². The van der Waals surface area contributed by atoms with Crippen LogP contribution in [0.2, 0.25) is 0 Å². The summed E-state index contributed by atoms with van der Waals surface area (Å²) >= 11 is 0. The minimum absolute atomic E-state index is 0.282. The Hall–Kier alpha value is -1.41. The van der Waals surface area contributed by atoms with Crippen LogP contribution in [-0.2, 0) is 9.53 Å². The summed E-state index contributed by atoms with van der Waals surface area (Å²) in [5, 5.41) is 0. The third-order valence-electron chi connectivity index (χ3n) is 3.16. The molecule has 2 aliphatic rings. The molecule has 1 fully saturated rings. The van der Waals surface area contributed by atoms with Gasteiger partial charge in [-0.3, -0.25) is 4.79 Å². The molecule has 0 aromatic heterocycles. The normalized spacial score (nSPS) is 24.8. The summed E-state index contributed by atoms with van der Waals surface area (Å²) in [6, 6.07) is 9.91. The Morgan fingerprint density at radius 2 is 2.00 bits per heavy atom. The summed E-state index contributed by atoms with van der Waals surface area (Å²) in [7, 11) is 0. The van der Waals surface area contributed by atoms with Crippen LogP contribution in [0, 0.1) is 5.92 Å². The van der Waals surface area contributed by atoms with E-state index < -0.39 is 0 Å². The highest BCUT2D eigenvalue weighted by atomic mass is 16.5. The summed E-state index contributed by atoms with van der Waals surface area (Å²) in [5.74, 6) is 0.636. The lowest BCUT2D eigenvalue weighted by atomic mass is 10.0. The number of ketones is 1. The summed E-state index contributed by atoms with van der Waals surface area (Å²) < 4.78 is 5.40. The number of hydrogen-bond donors (Lipinski definition) is 0. The first-order chi connectivity index (χ1) is 7.36. The van der Waals surface area contributed by atoms with Gasteiger partial charge in [-0.05, 0) is 11.1 Å². The Bertz CT molecular complexity index is 431. The van der Waals surface area contributed by atoms with E-state index >= 15 is 0 Å². The maximum atomic E-state index is 11.9. The Labute approximate surface area is 88.6 Å². The molecule has 1 heterocycles. The van der Waals surface area contributed by atoms with Gasteiger partial charge in [0.05, 0.1) is 13.2 Å². The van der Waals surface area contributed by atoms with Crippen molar-refractivity contribution in [1.29, 1.82) is 0 Å². The molecule has 1 aliphatic heterocycles. The zero-order valence-electron chi connectivity index (χ0n) is 8.40. The van der Waals surface area contributed by atoms with E-state index in [4.69, 9.17) is 4.74 Å². The predicted octanol–water partition coefficient (Wildman–Crippen LogP) is 2.06. The fourth-order valence-electron chi connectivity index (χ4n) is 2.44. The Kier molecular flexibility index (Phi) is 1.96. The van der Waals surface area contributed by atoms with Gasteiger partial charge in [0.25, 0.3) is 0 Å². The average Bonchev–Trinajstić information content (AvgIpc) is 2.78. The zero-order valence-corrected chi connectivity index (χ0v) is 8.40. The number of ether oxygens (including phenoxy) is 1. The van der Waals surface area contributed by atoms with Gasteiger partial charge in [0.15, 0.2) is 5.78 Å². The SMILES string of the molecule is O=C1C[C@@H]2COCC2=C1c1ccccc1. The topological polar surface area (TPSA) is 26.3 Å². The minimum atomic E-state index is 0.282. The Morgan fingerprint density at radius 3 is 2.80 bits per heavy atom. The van der Waals surface area contributed by atoms with Crippen molar-refractivity contribution in [2.75, 3.05) is 13.2 Å². The monoisotopic (exact) mass is 200 g/mol. The summed E-state index contributed by atoms with van der Waals surface area (Å²) in [6.45, 7) is 1.36. The maximum absolute atomic E-state index is 11.9. The molecule has 1 atom stereocenters. The molecule has 0 radical (unpaired) electrons. The van der Waals surface area contributed by atoms with E-state index in [1.165, 1.54) is 5.57 Å².